The Balaban J connectivity index is 1.90. The molecule has 0 spiro atoms. The molecule has 0 radical (unpaired) electrons. The van der Waals surface area contributed by atoms with Crippen molar-refractivity contribution in [2.24, 2.45) is 5.92 Å². The minimum atomic E-state index is 0.263. The molecule has 3 heteroatoms. The largest absolute Gasteiger partial charge is 0.306 e. The molecule has 1 fully saturated rings. The summed E-state index contributed by atoms with van der Waals surface area (Å²) in [6.45, 7) is 9.95. The van der Waals surface area contributed by atoms with Gasteiger partial charge in [-0.2, -0.15) is 5.10 Å². The van der Waals surface area contributed by atoms with Gasteiger partial charge in [0, 0.05) is 18.3 Å². The second-order valence-corrected chi connectivity index (χ2v) is 6.11. The van der Waals surface area contributed by atoms with E-state index in [4.69, 9.17) is 0 Å². The van der Waals surface area contributed by atoms with Crippen LogP contribution in [0.2, 0.25) is 0 Å². The summed E-state index contributed by atoms with van der Waals surface area (Å²) in [4.78, 5) is 0. The van der Waals surface area contributed by atoms with E-state index in [-0.39, 0.29) is 5.54 Å². The van der Waals surface area contributed by atoms with Gasteiger partial charge in [-0.25, -0.2) is 0 Å². The Morgan fingerprint density at radius 3 is 2.61 bits per heavy atom. The second kappa shape index (κ2) is 5.43. The fourth-order valence-corrected chi connectivity index (χ4v) is 2.61. The van der Waals surface area contributed by atoms with Gasteiger partial charge in [0.05, 0.1) is 11.7 Å². The molecule has 1 aliphatic rings. The van der Waals surface area contributed by atoms with E-state index in [1.165, 1.54) is 12.8 Å². The van der Waals surface area contributed by atoms with Crippen LogP contribution >= 0.6 is 0 Å². The lowest BCUT2D eigenvalue weighted by Crippen LogP contribution is -2.40. The van der Waals surface area contributed by atoms with Gasteiger partial charge >= 0.3 is 0 Å². The van der Waals surface area contributed by atoms with Crippen LogP contribution in [0.5, 0.6) is 0 Å². The SMILES string of the molecule is CCC(CC)n1ccc(CNC(C)(C)C2CC2)n1. The lowest BCUT2D eigenvalue weighted by molar-refractivity contribution is 0.335. The summed E-state index contributed by atoms with van der Waals surface area (Å²) in [6, 6.07) is 2.70. The van der Waals surface area contributed by atoms with Crippen LogP contribution in [0.3, 0.4) is 0 Å². The zero-order valence-corrected chi connectivity index (χ0v) is 12.2. The Morgan fingerprint density at radius 2 is 2.06 bits per heavy atom. The highest BCUT2D eigenvalue weighted by Crippen LogP contribution is 2.39. The zero-order chi connectivity index (χ0) is 13.2. The zero-order valence-electron chi connectivity index (χ0n) is 12.2. The minimum Gasteiger partial charge on any atom is -0.306 e. The van der Waals surface area contributed by atoms with Gasteiger partial charge in [0.15, 0.2) is 0 Å². The smallest absolute Gasteiger partial charge is 0.0762 e. The van der Waals surface area contributed by atoms with E-state index in [1.807, 2.05) is 0 Å². The van der Waals surface area contributed by atoms with Crippen LogP contribution in [0.1, 0.15) is 65.1 Å². The molecule has 1 aromatic heterocycles. The van der Waals surface area contributed by atoms with Crippen LogP contribution in [0.15, 0.2) is 12.3 Å². The highest BCUT2D eigenvalue weighted by Gasteiger charge is 2.37. The molecule has 0 amide bonds. The maximum atomic E-state index is 4.69. The van der Waals surface area contributed by atoms with Crippen LogP contribution in [0.25, 0.3) is 0 Å². The Kier molecular flexibility index (Phi) is 4.10. The average Bonchev–Trinajstić information content (AvgIpc) is 3.11. The summed E-state index contributed by atoms with van der Waals surface area (Å²) in [6.07, 6.45) is 7.18. The normalized spacial score (nSPS) is 16.5. The first-order valence-electron chi connectivity index (χ1n) is 7.36. The monoisotopic (exact) mass is 249 g/mol. The highest BCUT2D eigenvalue weighted by molar-refractivity contribution is 5.02. The Bertz CT molecular complexity index is 373. The average molecular weight is 249 g/mol. The first-order chi connectivity index (χ1) is 8.56. The van der Waals surface area contributed by atoms with Gasteiger partial charge in [0.1, 0.15) is 0 Å². The number of rotatable bonds is 7. The van der Waals surface area contributed by atoms with Gasteiger partial charge in [0.25, 0.3) is 0 Å². The van der Waals surface area contributed by atoms with E-state index in [0.717, 1.165) is 31.0 Å². The van der Waals surface area contributed by atoms with Gasteiger partial charge in [-0.05, 0) is 51.5 Å². The van der Waals surface area contributed by atoms with Crippen molar-refractivity contribution in [2.45, 2.75) is 71.5 Å². The van der Waals surface area contributed by atoms with E-state index in [0.29, 0.717) is 6.04 Å². The molecule has 1 aromatic rings. The fraction of sp³-hybridized carbons (Fsp3) is 0.800. The molecule has 3 nitrogen and oxygen atoms in total. The third-order valence-corrected chi connectivity index (χ3v) is 4.30. The number of hydrogen-bond donors (Lipinski definition) is 1. The number of nitrogens with zero attached hydrogens (tertiary/aromatic N) is 2. The number of nitrogens with one attached hydrogen (secondary N) is 1. The Labute approximate surface area is 111 Å². The predicted octanol–water partition coefficient (Wildman–Crippen LogP) is 3.52. The first kappa shape index (κ1) is 13.6. The van der Waals surface area contributed by atoms with Crippen molar-refractivity contribution in [1.29, 1.82) is 0 Å². The van der Waals surface area contributed by atoms with Gasteiger partial charge in [0.2, 0.25) is 0 Å². The van der Waals surface area contributed by atoms with Crippen molar-refractivity contribution < 1.29 is 0 Å². The molecule has 18 heavy (non-hydrogen) atoms. The second-order valence-electron chi connectivity index (χ2n) is 6.11. The minimum absolute atomic E-state index is 0.263. The molecular weight excluding hydrogens is 222 g/mol. The molecular formula is C15H27N3. The summed E-state index contributed by atoms with van der Waals surface area (Å²) in [5.74, 6) is 0.860. The van der Waals surface area contributed by atoms with Crippen molar-refractivity contribution in [3.05, 3.63) is 18.0 Å². The third-order valence-electron chi connectivity index (χ3n) is 4.30. The third kappa shape index (κ3) is 3.14. The molecule has 0 aromatic carbocycles. The number of aromatic nitrogens is 2. The van der Waals surface area contributed by atoms with E-state index in [1.54, 1.807) is 0 Å². The van der Waals surface area contributed by atoms with E-state index in [9.17, 15) is 0 Å². The standard InChI is InChI=1S/C15H27N3/c1-5-14(6-2)18-10-9-13(17-18)11-16-15(3,4)12-7-8-12/h9-10,12,14,16H,5-8,11H2,1-4H3. The maximum Gasteiger partial charge on any atom is 0.0762 e. The fourth-order valence-electron chi connectivity index (χ4n) is 2.61. The molecule has 0 saturated heterocycles. The summed E-state index contributed by atoms with van der Waals surface area (Å²) < 4.78 is 2.13. The maximum absolute atomic E-state index is 4.69. The summed E-state index contributed by atoms with van der Waals surface area (Å²) in [7, 11) is 0. The van der Waals surface area contributed by atoms with Crippen molar-refractivity contribution in [1.82, 2.24) is 15.1 Å². The molecule has 0 bridgehead atoms. The topological polar surface area (TPSA) is 29.9 Å². The molecule has 102 valence electrons. The molecule has 1 aliphatic carbocycles. The van der Waals surface area contributed by atoms with Crippen molar-refractivity contribution in [3.8, 4) is 0 Å². The predicted molar refractivity (Wildman–Crippen MR) is 75.5 cm³/mol. The molecule has 2 rings (SSSR count). The van der Waals surface area contributed by atoms with E-state index < -0.39 is 0 Å². The summed E-state index contributed by atoms with van der Waals surface area (Å²) in [5, 5.41) is 8.34. The van der Waals surface area contributed by atoms with Crippen LogP contribution in [-0.2, 0) is 6.54 Å². The van der Waals surface area contributed by atoms with Gasteiger partial charge in [-0.3, -0.25) is 4.68 Å². The quantitative estimate of drug-likeness (QED) is 0.801. The summed E-state index contributed by atoms with van der Waals surface area (Å²) >= 11 is 0. The van der Waals surface area contributed by atoms with E-state index in [2.05, 4.69) is 55.1 Å². The van der Waals surface area contributed by atoms with E-state index >= 15 is 0 Å². The van der Waals surface area contributed by atoms with Crippen LogP contribution < -0.4 is 5.32 Å². The molecule has 0 aliphatic heterocycles. The molecule has 0 atom stereocenters. The Morgan fingerprint density at radius 1 is 1.39 bits per heavy atom. The molecule has 1 N–H and O–H groups in total. The van der Waals surface area contributed by atoms with Crippen LogP contribution in [-0.4, -0.2) is 15.3 Å². The van der Waals surface area contributed by atoms with Crippen LogP contribution in [0, 0.1) is 5.92 Å². The van der Waals surface area contributed by atoms with Gasteiger partial charge in [-0.15, -0.1) is 0 Å². The van der Waals surface area contributed by atoms with Crippen molar-refractivity contribution in [2.75, 3.05) is 0 Å². The van der Waals surface area contributed by atoms with Crippen LogP contribution in [0.4, 0.5) is 0 Å². The lowest BCUT2D eigenvalue weighted by Gasteiger charge is -2.25. The molecule has 1 heterocycles. The van der Waals surface area contributed by atoms with Gasteiger partial charge in [-0.1, -0.05) is 13.8 Å². The summed E-state index contributed by atoms with van der Waals surface area (Å²) in [5.41, 5.74) is 1.43. The first-order valence-corrected chi connectivity index (χ1v) is 7.36. The number of hydrogen-bond acceptors (Lipinski definition) is 2. The Hall–Kier alpha value is -0.830. The highest BCUT2D eigenvalue weighted by atomic mass is 15.3. The lowest BCUT2D eigenvalue weighted by atomic mass is 9.99. The van der Waals surface area contributed by atoms with Gasteiger partial charge < -0.3 is 5.32 Å². The molecule has 0 unspecified atom stereocenters. The van der Waals surface area contributed by atoms with Crippen molar-refractivity contribution in [3.63, 3.8) is 0 Å². The molecule has 1 saturated carbocycles. The van der Waals surface area contributed by atoms with Crippen molar-refractivity contribution >= 4 is 0 Å².